The van der Waals surface area contributed by atoms with E-state index in [1.54, 1.807) is 13.8 Å². The van der Waals surface area contributed by atoms with Crippen molar-refractivity contribution in [3.63, 3.8) is 0 Å². The zero-order chi connectivity index (χ0) is 15.6. The molecule has 0 saturated heterocycles. The van der Waals surface area contributed by atoms with Gasteiger partial charge in [-0.25, -0.2) is 22.9 Å². The number of anilines is 2. The molecule has 1 N–H and O–H groups in total. The summed E-state index contributed by atoms with van der Waals surface area (Å²) >= 11 is 1.05. The minimum atomic E-state index is -1.31. The first-order valence-corrected chi connectivity index (χ1v) is 6.80. The molecule has 8 heteroatoms. The van der Waals surface area contributed by atoms with Crippen LogP contribution in [0.1, 0.15) is 22.3 Å². The monoisotopic (exact) mass is 316 g/mol. The largest absolute Gasteiger partial charge is 0.461 e. The molecule has 0 aliphatic rings. The third-order valence-corrected chi connectivity index (χ3v) is 3.39. The van der Waals surface area contributed by atoms with Gasteiger partial charge in [0.15, 0.2) is 22.5 Å². The van der Waals surface area contributed by atoms with Crippen LogP contribution in [-0.4, -0.2) is 17.6 Å². The standard InChI is InChI=1S/C13H11F3N2O2S/c1-3-20-12(19)11-6(2)21-13(18-11)17-9-5-7(14)4-8(15)10(9)16/h4-5H,3H2,1-2H3,(H,17,18). The molecule has 0 amide bonds. The van der Waals surface area contributed by atoms with Crippen molar-refractivity contribution in [3.05, 3.63) is 40.2 Å². The molecule has 0 radical (unpaired) electrons. The summed E-state index contributed by atoms with van der Waals surface area (Å²) in [5.74, 6) is -4.06. The van der Waals surface area contributed by atoms with E-state index in [2.05, 4.69) is 10.3 Å². The number of halogens is 3. The Bertz CT molecular complexity index is 688. The van der Waals surface area contributed by atoms with Crippen LogP contribution in [0.5, 0.6) is 0 Å². The molecule has 0 saturated carbocycles. The van der Waals surface area contributed by atoms with Crippen LogP contribution in [-0.2, 0) is 4.74 Å². The SMILES string of the molecule is CCOC(=O)c1nc(Nc2cc(F)cc(F)c2F)sc1C. The number of ether oxygens (including phenoxy) is 1. The van der Waals surface area contributed by atoms with Crippen LogP contribution < -0.4 is 5.32 Å². The lowest BCUT2D eigenvalue weighted by molar-refractivity contribution is 0.0519. The summed E-state index contributed by atoms with van der Waals surface area (Å²) in [6.07, 6.45) is 0. The highest BCUT2D eigenvalue weighted by Crippen LogP contribution is 2.28. The third-order valence-electron chi connectivity index (χ3n) is 2.50. The lowest BCUT2D eigenvalue weighted by Gasteiger charge is -2.05. The van der Waals surface area contributed by atoms with E-state index in [0.717, 1.165) is 17.4 Å². The summed E-state index contributed by atoms with van der Waals surface area (Å²) in [7, 11) is 0. The minimum Gasteiger partial charge on any atom is -0.461 e. The highest BCUT2D eigenvalue weighted by molar-refractivity contribution is 7.15. The van der Waals surface area contributed by atoms with Gasteiger partial charge in [-0.2, -0.15) is 0 Å². The number of benzene rings is 1. The number of aromatic nitrogens is 1. The maximum absolute atomic E-state index is 13.5. The van der Waals surface area contributed by atoms with Crippen molar-refractivity contribution < 1.29 is 22.7 Å². The molecule has 0 fully saturated rings. The van der Waals surface area contributed by atoms with E-state index in [9.17, 15) is 18.0 Å². The number of hydrogen-bond donors (Lipinski definition) is 1. The molecule has 21 heavy (non-hydrogen) atoms. The summed E-state index contributed by atoms with van der Waals surface area (Å²) < 4.78 is 44.5. The van der Waals surface area contributed by atoms with Gasteiger partial charge in [0.1, 0.15) is 5.82 Å². The summed E-state index contributed by atoms with van der Waals surface area (Å²) in [5, 5.41) is 2.60. The average Bonchev–Trinajstić information content (AvgIpc) is 2.76. The summed E-state index contributed by atoms with van der Waals surface area (Å²) in [5.41, 5.74) is -0.307. The molecule has 0 atom stereocenters. The second kappa shape index (κ2) is 6.13. The van der Waals surface area contributed by atoms with Crippen molar-refractivity contribution in [2.75, 3.05) is 11.9 Å². The number of thiazole rings is 1. The van der Waals surface area contributed by atoms with Gasteiger partial charge in [-0.3, -0.25) is 0 Å². The van der Waals surface area contributed by atoms with Crippen molar-refractivity contribution in [2.45, 2.75) is 13.8 Å². The Morgan fingerprint density at radius 3 is 2.76 bits per heavy atom. The van der Waals surface area contributed by atoms with Gasteiger partial charge in [-0.05, 0) is 13.8 Å². The van der Waals surface area contributed by atoms with Crippen LogP contribution >= 0.6 is 11.3 Å². The van der Waals surface area contributed by atoms with E-state index in [-0.39, 0.29) is 17.4 Å². The fourth-order valence-corrected chi connectivity index (χ4v) is 2.41. The van der Waals surface area contributed by atoms with Crippen LogP contribution in [0, 0.1) is 24.4 Å². The smallest absolute Gasteiger partial charge is 0.358 e. The van der Waals surface area contributed by atoms with Gasteiger partial charge in [-0.1, -0.05) is 0 Å². The first kappa shape index (κ1) is 15.3. The molecule has 1 aromatic carbocycles. The maximum Gasteiger partial charge on any atom is 0.358 e. The molecular formula is C13H11F3N2O2S. The van der Waals surface area contributed by atoms with Crippen LogP contribution in [0.3, 0.4) is 0 Å². The fraction of sp³-hybridized carbons (Fsp3) is 0.231. The molecule has 2 aromatic rings. The number of nitrogens with zero attached hydrogens (tertiary/aromatic N) is 1. The Kier molecular flexibility index (Phi) is 4.46. The van der Waals surface area contributed by atoms with Crippen molar-refractivity contribution >= 4 is 28.1 Å². The van der Waals surface area contributed by atoms with E-state index in [4.69, 9.17) is 4.74 Å². The van der Waals surface area contributed by atoms with Gasteiger partial charge in [0, 0.05) is 17.0 Å². The molecule has 0 aliphatic carbocycles. The van der Waals surface area contributed by atoms with Gasteiger partial charge in [0.2, 0.25) is 0 Å². The fourth-order valence-electron chi connectivity index (χ4n) is 1.60. The minimum absolute atomic E-state index is 0.0848. The zero-order valence-corrected chi connectivity index (χ0v) is 12.0. The molecule has 1 heterocycles. The average molecular weight is 316 g/mol. The molecule has 4 nitrogen and oxygen atoms in total. The first-order chi connectivity index (χ1) is 9.92. The first-order valence-electron chi connectivity index (χ1n) is 5.98. The topological polar surface area (TPSA) is 51.2 Å². The van der Waals surface area contributed by atoms with Crippen LogP contribution in [0.15, 0.2) is 12.1 Å². The molecule has 1 aromatic heterocycles. The number of esters is 1. The molecule has 0 spiro atoms. The maximum atomic E-state index is 13.5. The quantitative estimate of drug-likeness (QED) is 0.689. The van der Waals surface area contributed by atoms with Gasteiger partial charge in [-0.15, -0.1) is 11.3 Å². The number of rotatable bonds is 4. The molecular weight excluding hydrogens is 305 g/mol. The Morgan fingerprint density at radius 1 is 1.38 bits per heavy atom. The third kappa shape index (κ3) is 3.33. The number of nitrogens with one attached hydrogen (secondary N) is 1. The molecule has 0 aliphatic heterocycles. The molecule has 2 rings (SSSR count). The van der Waals surface area contributed by atoms with Crippen molar-refractivity contribution in [3.8, 4) is 0 Å². The summed E-state index contributed by atoms with van der Waals surface area (Å²) in [6, 6.07) is 1.25. The highest BCUT2D eigenvalue weighted by atomic mass is 32.1. The van der Waals surface area contributed by atoms with Gasteiger partial charge in [0.05, 0.1) is 12.3 Å². The molecule has 112 valence electrons. The number of aryl methyl sites for hydroxylation is 1. The highest BCUT2D eigenvalue weighted by Gasteiger charge is 2.18. The second-order valence-corrected chi connectivity index (χ2v) is 5.22. The lowest BCUT2D eigenvalue weighted by atomic mass is 10.3. The van der Waals surface area contributed by atoms with Crippen molar-refractivity contribution in [1.82, 2.24) is 4.98 Å². The molecule has 0 bridgehead atoms. The predicted octanol–water partition coefficient (Wildman–Crippen LogP) is 3.79. The number of hydrogen-bond acceptors (Lipinski definition) is 5. The Labute approximate surface area is 122 Å². The predicted molar refractivity (Wildman–Crippen MR) is 72.4 cm³/mol. The summed E-state index contributed by atoms with van der Waals surface area (Å²) in [6.45, 7) is 3.49. The van der Waals surface area contributed by atoms with E-state index in [1.807, 2.05) is 0 Å². The van der Waals surface area contributed by atoms with Crippen molar-refractivity contribution in [2.24, 2.45) is 0 Å². The van der Waals surface area contributed by atoms with Crippen molar-refractivity contribution in [1.29, 1.82) is 0 Å². The van der Waals surface area contributed by atoms with Gasteiger partial charge < -0.3 is 10.1 Å². The van der Waals surface area contributed by atoms with Crippen LogP contribution in [0.2, 0.25) is 0 Å². The zero-order valence-electron chi connectivity index (χ0n) is 11.2. The van der Waals surface area contributed by atoms with Crippen LogP contribution in [0.4, 0.5) is 24.0 Å². The van der Waals surface area contributed by atoms with Crippen LogP contribution in [0.25, 0.3) is 0 Å². The normalized spacial score (nSPS) is 10.5. The Balaban J connectivity index is 2.29. The van der Waals surface area contributed by atoms with E-state index >= 15 is 0 Å². The second-order valence-electron chi connectivity index (χ2n) is 4.02. The van der Waals surface area contributed by atoms with Gasteiger partial charge in [0.25, 0.3) is 0 Å². The number of carbonyl (C=O) groups excluding carboxylic acids is 1. The van der Waals surface area contributed by atoms with E-state index < -0.39 is 29.1 Å². The number of carbonyl (C=O) groups is 1. The Morgan fingerprint density at radius 2 is 2.10 bits per heavy atom. The van der Waals surface area contributed by atoms with Gasteiger partial charge >= 0.3 is 5.97 Å². The Hall–Kier alpha value is -2.09. The molecule has 0 unspecified atom stereocenters. The summed E-state index contributed by atoms with van der Waals surface area (Å²) in [4.78, 5) is 16.1. The van der Waals surface area contributed by atoms with E-state index in [0.29, 0.717) is 10.9 Å². The lowest BCUT2D eigenvalue weighted by Crippen LogP contribution is -2.06. The van der Waals surface area contributed by atoms with E-state index in [1.165, 1.54) is 0 Å².